The number of nitrogens with one attached hydrogen (secondary N) is 1. The molecule has 0 saturated heterocycles. The zero-order valence-corrected chi connectivity index (χ0v) is 11.1. The standard InChI is InChI=1S/C8H20N4O4S/c1-10-17(15,16)12(5-4-11(2)3)6-7(9)8(13)14/h7,10H,4-6,9H2,1-3H3,(H,13,14). The average molecular weight is 268 g/mol. The number of hydrogen-bond acceptors (Lipinski definition) is 5. The van der Waals surface area contributed by atoms with Crippen molar-refractivity contribution in [3.05, 3.63) is 0 Å². The number of nitrogens with two attached hydrogens (primary N) is 1. The minimum Gasteiger partial charge on any atom is -0.480 e. The predicted molar refractivity (Wildman–Crippen MR) is 63.7 cm³/mol. The van der Waals surface area contributed by atoms with Crippen molar-refractivity contribution in [1.29, 1.82) is 0 Å². The number of aliphatic carboxylic acids is 1. The smallest absolute Gasteiger partial charge is 0.321 e. The summed E-state index contributed by atoms with van der Waals surface area (Å²) in [7, 11) is 1.18. The van der Waals surface area contributed by atoms with Gasteiger partial charge in [0.1, 0.15) is 6.04 Å². The van der Waals surface area contributed by atoms with Crippen LogP contribution in [-0.4, -0.2) is 75.5 Å². The first kappa shape index (κ1) is 16.3. The Balaban J connectivity index is 4.69. The molecule has 0 aromatic rings. The molecule has 8 nitrogen and oxygen atoms in total. The first-order chi connectivity index (χ1) is 7.70. The average Bonchev–Trinajstić information content (AvgIpc) is 2.22. The zero-order valence-electron chi connectivity index (χ0n) is 10.3. The van der Waals surface area contributed by atoms with E-state index in [1.165, 1.54) is 7.05 Å². The molecule has 4 N–H and O–H groups in total. The Morgan fingerprint density at radius 3 is 2.29 bits per heavy atom. The van der Waals surface area contributed by atoms with E-state index in [9.17, 15) is 13.2 Å². The molecule has 0 saturated carbocycles. The summed E-state index contributed by atoms with van der Waals surface area (Å²) in [4.78, 5) is 12.4. The van der Waals surface area contributed by atoms with Crippen LogP contribution in [0, 0.1) is 0 Å². The summed E-state index contributed by atoms with van der Waals surface area (Å²) in [5.74, 6) is -1.23. The summed E-state index contributed by atoms with van der Waals surface area (Å²) >= 11 is 0. The van der Waals surface area contributed by atoms with Crippen LogP contribution in [0.1, 0.15) is 0 Å². The Hall–Kier alpha value is -0.740. The van der Waals surface area contributed by atoms with Gasteiger partial charge in [0.25, 0.3) is 10.2 Å². The van der Waals surface area contributed by atoms with E-state index in [0.29, 0.717) is 6.54 Å². The van der Waals surface area contributed by atoms with Gasteiger partial charge in [0.2, 0.25) is 0 Å². The van der Waals surface area contributed by atoms with E-state index in [-0.39, 0.29) is 13.1 Å². The van der Waals surface area contributed by atoms with Crippen molar-refractivity contribution < 1.29 is 18.3 Å². The fourth-order valence-electron chi connectivity index (χ4n) is 1.05. The molecule has 0 aliphatic carbocycles. The molecule has 9 heteroatoms. The third kappa shape index (κ3) is 5.94. The number of nitrogens with zero attached hydrogens (tertiary/aromatic N) is 2. The molecule has 0 heterocycles. The third-order valence-electron chi connectivity index (χ3n) is 2.11. The Morgan fingerprint density at radius 1 is 1.41 bits per heavy atom. The second kappa shape index (κ2) is 6.87. The highest BCUT2D eigenvalue weighted by Gasteiger charge is 2.25. The van der Waals surface area contributed by atoms with E-state index >= 15 is 0 Å². The van der Waals surface area contributed by atoms with Crippen LogP contribution in [0.15, 0.2) is 0 Å². The van der Waals surface area contributed by atoms with Gasteiger partial charge in [-0.3, -0.25) is 4.79 Å². The van der Waals surface area contributed by atoms with E-state index in [2.05, 4.69) is 4.72 Å². The minimum atomic E-state index is -3.67. The van der Waals surface area contributed by atoms with E-state index < -0.39 is 22.2 Å². The van der Waals surface area contributed by atoms with Crippen LogP contribution < -0.4 is 10.5 Å². The molecule has 0 aromatic carbocycles. The maximum Gasteiger partial charge on any atom is 0.321 e. The van der Waals surface area contributed by atoms with Crippen molar-refractivity contribution in [2.75, 3.05) is 40.8 Å². The van der Waals surface area contributed by atoms with Gasteiger partial charge in [-0.15, -0.1) is 0 Å². The largest absolute Gasteiger partial charge is 0.480 e. The van der Waals surface area contributed by atoms with Crippen LogP contribution in [-0.2, 0) is 15.0 Å². The van der Waals surface area contributed by atoms with E-state index in [0.717, 1.165) is 4.31 Å². The van der Waals surface area contributed by atoms with Crippen molar-refractivity contribution >= 4 is 16.2 Å². The lowest BCUT2D eigenvalue weighted by Crippen LogP contribution is -2.50. The molecule has 17 heavy (non-hydrogen) atoms. The monoisotopic (exact) mass is 268 g/mol. The van der Waals surface area contributed by atoms with Gasteiger partial charge in [0.15, 0.2) is 0 Å². The van der Waals surface area contributed by atoms with Crippen molar-refractivity contribution in [3.8, 4) is 0 Å². The fraction of sp³-hybridized carbons (Fsp3) is 0.875. The summed E-state index contributed by atoms with van der Waals surface area (Å²) in [6.45, 7) is 0.400. The molecule has 0 rings (SSSR count). The first-order valence-electron chi connectivity index (χ1n) is 5.02. The highest BCUT2D eigenvalue weighted by atomic mass is 32.2. The van der Waals surface area contributed by atoms with Gasteiger partial charge >= 0.3 is 5.97 Å². The Labute approximate surface area is 102 Å². The molecule has 0 aliphatic rings. The Bertz CT molecular complexity index is 343. The minimum absolute atomic E-state index is 0.178. The van der Waals surface area contributed by atoms with Crippen LogP contribution in [0.5, 0.6) is 0 Å². The molecular formula is C8H20N4O4S. The van der Waals surface area contributed by atoms with Gasteiger partial charge in [-0.2, -0.15) is 12.7 Å². The highest BCUT2D eigenvalue weighted by molar-refractivity contribution is 7.87. The van der Waals surface area contributed by atoms with Crippen molar-refractivity contribution in [2.45, 2.75) is 6.04 Å². The summed E-state index contributed by atoms with van der Waals surface area (Å²) in [5.41, 5.74) is 5.33. The number of hydrogen-bond donors (Lipinski definition) is 3. The van der Waals surface area contributed by atoms with Crippen LogP contribution in [0.25, 0.3) is 0 Å². The van der Waals surface area contributed by atoms with Crippen LogP contribution in [0.4, 0.5) is 0 Å². The van der Waals surface area contributed by atoms with Crippen molar-refractivity contribution in [1.82, 2.24) is 13.9 Å². The summed E-state index contributed by atoms with van der Waals surface area (Å²) in [6.07, 6.45) is 0. The van der Waals surface area contributed by atoms with Gasteiger partial charge in [0, 0.05) is 26.7 Å². The van der Waals surface area contributed by atoms with Gasteiger partial charge in [-0.05, 0) is 14.1 Å². The van der Waals surface area contributed by atoms with Crippen molar-refractivity contribution in [3.63, 3.8) is 0 Å². The molecule has 0 aromatic heterocycles. The molecular weight excluding hydrogens is 248 g/mol. The lowest BCUT2D eigenvalue weighted by atomic mass is 10.3. The predicted octanol–water partition coefficient (Wildman–Crippen LogP) is -2.27. The second-order valence-electron chi connectivity index (χ2n) is 3.82. The molecule has 1 atom stereocenters. The summed E-state index contributed by atoms with van der Waals surface area (Å²) in [5, 5.41) is 8.67. The Kier molecular flexibility index (Phi) is 6.57. The molecule has 102 valence electrons. The lowest BCUT2D eigenvalue weighted by Gasteiger charge is -2.24. The maximum atomic E-state index is 11.6. The summed E-state index contributed by atoms with van der Waals surface area (Å²) < 4.78 is 26.4. The topological polar surface area (TPSA) is 116 Å². The number of carboxylic acid groups (broad SMARTS) is 1. The van der Waals surface area contributed by atoms with Gasteiger partial charge in [-0.1, -0.05) is 0 Å². The molecule has 0 radical (unpaired) electrons. The molecule has 0 bridgehead atoms. The van der Waals surface area contributed by atoms with Crippen LogP contribution >= 0.6 is 0 Å². The maximum absolute atomic E-state index is 11.6. The molecule has 0 aliphatic heterocycles. The van der Waals surface area contributed by atoms with Gasteiger partial charge in [-0.25, -0.2) is 4.72 Å². The fourth-order valence-corrected chi connectivity index (χ4v) is 1.98. The van der Waals surface area contributed by atoms with Crippen molar-refractivity contribution in [2.24, 2.45) is 5.73 Å². The first-order valence-corrected chi connectivity index (χ1v) is 6.46. The second-order valence-corrected chi connectivity index (χ2v) is 5.69. The van der Waals surface area contributed by atoms with Crippen LogP contribution in [0.2, 0.25) is 0 Å². The summed E-state index contributed by atoms with van der Waals surface area (Å²) in [6, 6.07) is -1.24. The SMILES string of the molecule is CNS(=O)(=O)N(CCN(C)C)CC(N)C(=O)O. The number of rotatable bonds is 8. The molecule has 0 fully saturated rings. The third-order valence-corrected chi connectivity index (χ3v) is 3.64. The quantitative estimate of drug-likeness (QED) is 0.457. The van der Waals surface area contributed by atoms with Crippen LogP contribution in [0.3, 0.4) is 0 Å². The van der Waals surface area contributed by atoms with E-state index in [4.69, 9.17) is 10.8 Å². The zero-order chi connectivity index (χ0) is 13.6. The highest BCUT2D eigenvalue weighted by Crippen LogP contribution is 1.99. The number of carboxylic acids is 1. The number of likely N-dealkylation sites (N-methyl/N-ethyl adjacent to an activating group) is 1. The Morgan fingerprint density at radius 2 is 1.94 bits per heavy atom. The molecule has 1 unspecified atom stereocenters. The molecule has 0 amide bonds. The lowest BCUT2D eigenvalue weighted by molar-refractivity contribution is -0.138. The number of carbonyl (C=O) groups is 1. The van der Waals surface area contributed by atoms with Gasteiger partial charge in [0.05, 0.1) is 0 Å². The normalized spacial score (nSPS) is 14.2. The van der Waals surface area contributed by atoms with Gasteiger partial charge < -0.3 is 15.7 Å². The van der Waals surface area contributed by atoms with E-state index in [1.807, 2.05) is 0 Å². The van der Waals surface area contributed by atoms with E-state index in [1.54, 1.807) is 19.0 Å². The molecule has 0 spiro atoms.